The van der Waals surface area contributed by atoms with E-state index in [4.69, 9.17) is 4.74 Å². The van der Waals surface area contributed by atoms with Gasteiger partial charge >= 0.3 is 0 Å². The highest BCUT2D eigenvalue weighted by molar-refractivity contribution is 5.94. The van der Waals surface area contributed by atoms with Crippen LogP contribution in [0.15, 0.2) is 77.7 Å². The third kappa shape index (κ3) is 4.18. The number of benzene rings is 2. The molecule has 0 saturated heterocycles. The molecule has 2 aromatic carbocycles. The standard InChI is InChI=1S/C25H24N4O3/c1-16(22-15-26-29(17(22)2)19-7-5-4-6-8-19)27-24(30)21-13-14-23(28-25(21)31)18-9-11-20(32-3)12-10-18/h4-16H,1-3H3,(H,27,30)(H,28,31)/t16-/m1/s1. The van der Waals surface area contributed by atoms with Crippen LogP contribution in [-0.2, 0) is 0 Å². The van der Waals surface area contributed by atoms with E-state index in [-0.39, 0.29) is 11.6 Å². The van der Waals surface area contributed by atoms with E-state index in [1.807, 2.05) is 73.1 Å². The third-order valence-corrected chi connectivity index (χ3v) is 5.42. The van der Waals surface area contributed by atoms with E-state index in [1.165, 1.54) is 0 Å². The van der Waals surface area contributed by atoms with Gasteiger partial charge < -0.3 is 15.0 Å². The molecule has 0 spiro atoms. The average molecular weight is 428 g/mol. The fourth-order valence-electron chi connectivity index (χ4n) is 3.62. The van der Waals surface area contributed by atoms with Gasteiger partial charge in [0, 0.05) is 17.0 Å². The third-order valence-electron chi connectivity index (χ3n) is 5.42. The van der Waals surface area contributed by atoms with Crippen LogP contribution < -0.4 is 15.6 Å². The molecule has 0 bridgehead atoms. The number of hydrogen-bond donors (Lipinski definition) is 2. The molecule has 0 aliphatic rings. The van der Waals surface area contributed by atoms with Crippen molar-refractivity contribution in [2.45, 2.75) is 19.9 Å². The summed E-state index contributed by atoms with van der Waals surface area (Å²) in [6, 6.07) is 20.0. The van der Waals surface area contributed by atoms with Crippen LogP contribution in [0.25, 0.3) is 16.9 Å². The number of aromatic amines is 1. The molecule has 162 valence electrons. The van der Waals surface area contributed by atoms with E-state index in [0.717, 1.165) is 28.3 Å². The molecule has 4 aromatic rings. The van der Waals surface area contributed by atoms with Crippen LogP contribution in [0.3, 0.4) is 0 Å². The van der Waals surface area contributed by atoms with Crippen molar-refractivity contribution in [3.63, 3.8) is 0 Å². The number of aromatic nitrogens is 3. The molecule has 1 atom stereocenters. The molecule has 1 amide bonds. The maximum atomic E-state index is 12.8. The first-order valence-electron chi connectivity index (χ1n) is 10.3. The zero-order valence-electron chi connectivity index (χ0n) is 18.1. The predicted molar refractivity (Wildman–Crippen MR) is 123 cm³/mol. The number of rotatable bonds is 6. The zero-order valence-corrected chi connectivity index (χ0v) is 18.1. The zero-order chi connectivity index (χ0) is 22.7. The Hall–Kier alpha value is -4.13. The number of carbonyl (C=O) groups excluding carboxylic acids is 1. The van der Waals surface area contributed by atoms with E-state index in [0.29, 0.717) is 5.69 Å². The molecule has 0 radical (unpaired) electrons. The van der Waals surface area contributed by atoms with Crippen molar-refractivity contribution in [1.29, 1.82) is 0 Å². The van der Waals surface area contributed by atoms with Gasteiger partial charge in [-0.15, -0.1) is 0 Å². The van der Waals surface area contributed by atoms with Gasteiger partial charge in [-0.2, -0.15) is 5.10 Å². The van der Waals surface area contributed by atoms with Gasteiger partial charge in [0.2, 0.25) is 0 Å². The summed E-state index contributed by atoms with van der Waals surface area (Å²) < 4.78 is 6.98. The van der Waals surface area contributed by atoms with Crippen molar-refractivity contribution in [3.8, 4) is 22.7 Å². The lowest BCUT2D eigenvalue weighted by Crippen LogP contribution is -2.31. The SMILES string of the molecule is COc1ccc(-c2ccc(C(=O)N[C@H](C)c3cnn(-c4ccccc4)c3C)c(=O)[nH]2)cc1. The number of para-hydroxylation sites is 1. The van der Waals surface area contributed by atoms with Gasteiger partial charge in [0.25, 0.3) is 11.5 Å². The lowest BCUT2D eigenvalue weighted by Gasteiger charge is -2.14. The molecule has 0 fully saturated rings. The highest BCUT2D eigenvalue weighted by atomic mass is 16.5. The molecular weight excluding hydrogens is 404 g/mol. The normalized spacial score (nSPS) is 11.7. The molecule has 0 aliphatic carbocycles. The highest BCUT2D eigenvalue weighted by Crippen LogP contribution is 2.21. The Balaban J connectivity index is 1.51. The number of H-pyrrole nitrogens is 1. The lowest BCUT2D eigenvalue weighted by molar-refractivity contribution is 0.0938. The van der Waals surface area contributed by atoms with Gasteiger partial charge in [-0.05, 0) is 67.9 Å². The first-order chi connectivity index (χ1) is 15.5. The average Bonchev–Trinajstić information content (AvgIpc) is 3.21. The summed E-state index contributed by atoms with van der Waals surface area (Å²) in [6.45, 7) is 3.83. The summed E-state index contributed by atoms with van der Waals surface area (Å²) >= 11 is 0. The monoisotopic (exact) mass is 428 g/mol. The summed E-state index contributed by atoms with van der Waals surface area (Å²) in [5, 5.41) is 7.36. The van der Waals surface area contributed by atoms with Crippen LogP contribution >= 0.6 is 0 Å². The second kappa shape index (κ2) is 8.93. The fraction of sp³-hybridized carbons (Fsp3) is 0.160. The van der Waals surface area contributed by atoms with E-state index in [9.17, 15) is 9.59 Å². The van der Waals surface area contributed by atoms with Gasteiger partial charge in [-0.25, -0.2) is 4.68 Å². The molecule has 0 saturated carbocycles. The Morgan fingerprint density at radius 2 is 1.78 bits per heavy atom. The Kier molecular flexibility index (Phi) is 5.89. The van der Waals surface area contributed by atoms with E-state index >= 15 is 0 Å². The second-order valence-electron chi connectivity index (χ2n) is 7.47. The molecule has 2 aromatic heterocycles. The van der Waals surface area contributed by atoms with Gasteiger partial charge in [0.15, 0.2) is 0 Å². The number of hydrogen-bond acceptors (Lipinski definition) is 4. The molecule has 2 N–H and O–H groups in total. The topological polar surface area (TPSA) is 89.0 Å². The predicted octanol–water partition coefficient (Wildman–Crippen LogP) is 4.04. The Bertz CT molecular complexity index is 1290. The number of methoxy groups -OCH3 is 1. The summed E-state index contributed by atoms with van der Waals surface area (Å²) in [4.78, 5) is 28.2. The van der Waals surface area contributed by atoms with Crippen LogP contribution in [0.2, 0.25) is 0 Å². The van der Waals surface area contributed by atoms with Gasteiger partial charge in [0.1, 0.15) is 11.3 Å². The van der Waals surface area contributed by atoms with Gasteiger partial charge in [0.05, 0.1) is 25.0 Å². The van der Waals surface area contributed by atoms with Crippen molar-refractivity contribution in [3.05, 3.63) is 100 Å². The Morgan fingerprint density at radius 1 is 1.06 bits per heavy atom. The molecule has 0 aliphatic heterocycles. The minimum Gasteiger partial charge on any atom is -0.497 e. The van der Waals surface area contributed by atoms with Gasteiger partial charge in [-0.1, -0.05) is 18.2 Å². The molecule has 2 heterocycles. The minimum absolute atomic E-state index is 0.0576. The lowest BCUT2D eigenvalue weighted by atomic mass is 10.1. The smallest absolute Gasteiger partial charge is 0.261 e. The highest BCUT2D eigenvalue weighted by Gasteiger charge is 2.19. The molecular formula is C25H24N4O3. The summed E-state index contributed by atoms with van der Waals surface area (Å²) in [6.07, 6.45) is 1.74. The molecule has 7 heteroatoms. The maximum Gasteiger partial charge on any atom is 0.261 e. The number of pyridine rings is 1. The van der Waals surface area contributed by atoms with Gasteiger partial charge in [-0.3, -0.25) is 9.59 Å². The number of amides is 1. The summed E-state index contributed by atoms with van der Waals surface area (Å²) in [5.41, 5.74) is 3.82. The molecule has 32 heavy (non-hydrogen) atoms. The van der Waals surface area contributed by atoms with Crippen molar-refractivity contribution in [1.82, 2.24) is 20.1 Å². The maximum absolute atomic E-state index is 12.8. The summed E-state index contributed by atoms with van der Waals surface area (Å²) in [5.74, 6) is 0.291. The first-order valence-corrected chi connectivity index (χ1v) is 10.3. The van der Waals surface area contributed by atoms with Crippen LogP contribution in [0.5, 0.6) is 5.75 Å². The van der Waals surface area contributed by atoms with E-state index in [1.54, 1.807) is 25.4 Å². The fourth-order valence-corrected chi connectivity index (χ4v) is 3.62. The van der Waals surface area contributed by atoms with Crippen LogP contribution in [0.1, 0.15) is 34.6 Å². The molecule has 7 nitrogen and oxygen atoms in total. The van der Waals surface area contributed by atoms with Crippen LogP contribution in [-0.4, -0.2) is 27.8 Å². The number of nitrogens with one attached hydrogen (secondary N) is 2. The molecule has 0 unspecified atom stereocenters. The van der Waals surface area contributed by atoms with Crippen molar-refractivity contribution in [2.24, 2.45) is 0 Å². The Labute approximate surface area is 185 Å². The van der Waals surface area contributed by atoms with Crippen molar-refractivity contribution >= 4 is 5.91 Å². The van der Waals surface area contributed by atoms with Crippen molar-refractivity contribution < 1.29 is 9.53 Å². The number of carbonyl (C=O) groups is 1. The first kappa shape index (κ1) is 21.1. The minimum atomic E-state index is -0.445. The largest absolute Gasteiger partial charge is 0.497 e. The quantitative estimate of drug-likeness (QED) is 0.485. The van der Waals surface area contributed by atoms with Crippen LogP contribution in [0, 0.1) is 6.92 Å². The molecule has 4 rings (SSSR count). The number of ether oxygens (including phenoxy) is 1. The van der Waals surface area contributed by atoms with E-state index in [2.05, 4.69) is 15.4 Å². The second-order valence-corrected chi connectivity index (χ2v) is 7.47. The summed E-state index contributed by atoms with van der Waals surface area (Å²) in [7, 11) is 1.60. The van der Waals surface area contributed by atoms with Crippen LogP contribution in [0.4, 0.5) is 0 Å². The van der Waals surface area contributed by atoms with Crippen molar-refractivity contribution in [2.75, 3.05) is 7.11 Å². The number of nitrogens with zero attached hydrogens (tertiary/aromatic N) is 2. The van der Waals surface area contributed by atoms with E-state index < -0.39 is 11.5 Å². The Morgan fingerprint density at radius 3 is 2.44 bits per heavy atom.